The molecule has 3 aromatic rings. The molecule has 0 aliphatic carbocycles. The number of fused-ring (bicyclic) bond motifs is 1. The maximum absolute atomic E-state index is 12.2. The zero-order valence-electron chi connectivity index (χ0n) is 9.08. The van der Waals surface area contributed by atoms with Crippen molar-refractivity contribution in [1.82, 2.24) is 9.55 Å². The van der Waals surface area contributed by atoms with Gasteiger partial charge in [-0.2, -0.15) is 0 Å². The summed E-state index contributed by atoms with van der Waals surface area (Å²) >= 11 is 0. The van der Waals surface area contributed by atoms with Gasteiger partial charge in [-0.05, 0) is 30.3 Å². The first-order valence-electron chi connectivity index (χ1n) is 5.38. The van der Waals surface area contributed by atoms with Crippen molar-refractivity contribution >= 4 is 16.9 Å². The average molecular weight is 222 g/mol. The van der Waals surface area contributed by atoms with Gasteiger partial charge in [0.15, 0.2) is 0 Å². The number of hydrogen-bond donors (Lipinski definition) is 0. The summed E-state index contributed by atoms with van der Waals surface area (Å²) in [4.78, 5) is 16.5. The number of carbonyl (C=O) groups is 1. The highest BCUT2D eigenvalue weighted by atomic mass is 16.2. The predicted molar refractivity (Wildman–Crippen MR) is 65.9 cm³/mol. The molecule has 3 nitrogen and oxygen atoms in total. The second-order valence-electron chi connectivity index (χ2n) is 3.77. The second-order valence-corrected chi connectivity index (χ2v) is 3.77. The minimum Gasteiger partial charge on any atom is -0.268 e. The molecule has 3 rings (SSSR count). The molecule has 0 amide bonds. The summed E-state index contributed by atoms with van der Waals surface area (Å²) < 4.78 is 1.57. The van der Waals surface area contributed by atoms with Crippen LogP contribution in [0, 0.1) is 0 Å². The molecule has 0 aliphatic heterocycles. The summed E-state index contributed by atoms with van der Waals surface area (Å²) in [6.45, 7) is 0. The first-order valence-corrected chi connectivity index (χ1v) is 5.38. The van der Waals surface area contributed by atoms with E-state index in [2.05, 4.69) is 4.98 Å². The van der Waals surface area contributed by atoms with Crippen LogP contribution in [0.5, 0.6) is 0 Å². The van der Waals surface area contributed by atoms with Crippen LogP contribution in [0.4, 0.5) is 0 Å². The van der Waals surface area contributed by atoms with Crippen LogP contribution in [0.25, 0.3) is 11.0 Å². The SMILES string of the molecule is O=C(c1ccccc1)n1ccc2cccnc21. The maximum Gasteiger partial charge on any atom is 0.263 e. The molecule has 0 fully saturated rings. The molecule has 2 aromatic heterocycles. The molecule has 3 heteroatoms. The van der Waals surface area contributed by atoms with Gasteiger partial charge in [-0.25, -0.2) is 4.98 Å². The van der Waals surface area contributed by atoms with Crippen LogP contribution in [-0.2, 0) is 0 Å². The van der Waals surface area contributed by atoms with Crippen LogP contribution in [0.3, 0.4) is 0 Å². The van der Waals surface area contributed by atoms with Crippen LogP contribution in [0.2, 0.25) is 0 Å². The van der Waals surface area contributed by atoms with Gasteiger partial charge >= 0.3 is 0 Å². The molecule has 2 heterocycles. The summed E-state index contributed by atoms with van der Waals surface area (Å²) in [6, 6.07) is 14.9. The standard InChI is InChI=1S/C14H10N2O/c17-14(12-5-2-1-3-6-12)16-10-8-11-7-4-9-15-13(11)16/h1-10H. The second kappa shape index (κ2) is 3.87. The normalized spacial score (nSPS) is 10.6. The van der Waals surface area contributed by atoms with E-state index in [-0.39, 0.29) is 5.91 Å². The number of aromatic nitrogens is 2. The third-order valence-corrected chi connectivity index (χ3v) is 2.69. The van der Waals surface area contributed by atoms with Gasteiger partial charge in [-0.3, -0.25) is 9.36 Å². The summed E-state index contributed by atoms with van der Waals surface area (Å²) in [7, 11) is 0. The van der Waals surface area contributed by atoms with Crippen molar-refractivity contribution in [3.05, 3.63) is 66.5 Å². The van der Waals surface area contributed by atoms with E-state index in [0.29, 0.717) is 11.2 Å². The number of benzene rings is 1. The van der Waals surface area contributed by atoms with Crippen molar-refractivity contribution in [1.29, 1.82) is 0 Å². The summed E-state index contributed by atoms with van der Waals surface area (Å²) in [6.07, 6.45) is 3.45. The summed E-state index contributed by atoms with van der Waals surface area (Å²) in [5.41, 5.74) is 1.36. The Bertz CT molecular complexity index is 671. The zero-order valence-corrected chi connectivity index (χ0v) is 9.08. The highest BCUT2D eigenvalue weighted by Crippen LogP contribution is 2.14. The third-order valence-electron chi connectivity index (χ3n) is 2.69. The Labute approximate surface area is 98.3 Å². The minimum absolute atomic E-state index is 0.0562. The van der Waals surface area contributed by atoms with Crippen LogP contribution < -0.4 is 0 Å². The van der Waals surface area contributed by atoms with Gasteiger partial charge in [0, 0.05) is 23.3 Å². The summed E-state index contributed by atoms with van der Waals surface area (Å²) in [5, 5.41) is 0.969. The Morgan fingerprint density at radius 1 is 1.00 bits per heavy atom. The van der Waals surface area contributed by atoms with E-state index in [1.54, 1.807) is 29.1 Å². The largest absolute Gasteiger partial charge is 0.268 e. The molecule has 0 aliphatic rings. The lowest BCUT2D eigenvalue weighted by Gasteiger charge is -2.02. The van der Waals surface area contributed by atoms with Crippen LogP contribution >= 0.6 is 0 Å². The molecule has 0 saturated carbocycles. The molecular formula is C14H10N2O. The Kier molecular flexibility index (Phi) is 2.22. The molecule has 17 heavy (non-hydrogen) atoms. The number of pyridine rings is 1. The van der Waals surface area contributed by atoms with Gasteiger partial charge in [-0.15, -0.1) is 0 Å². The fourth-order valence-electron chi connectivity index (χ4n) is 1.85. The first kappa shape index (κ1) is 9.78. The van der Waals surface area contributed by atoms with E-state index in [0.717, 1.165) is 5.39 Å². The van der Waals surface area contributed by atoms with Crippen molar-refractivity contribution in [3.8, 4) is 0 Å². The molecule has 0 atom stereocenters. The van der Waals surface area contributed by atoms with Gasteiger partial charge in [0.05, 0.1) is 0 Å². The Morgan fingerprint density at radius 3 is 2.65 bits per heavy atom. The van der Waals surface area contributed by atoms with E-state index < -0.39 is 0 Å². The van der Waals surface area contributed by atoms with Gasteiger partial charge in [-0.1, -0.05) is 18.2 Å². The molecule has 0 saturated heterocycles. The van der Waals surface area contributed by atoms with Gasteiger partial charge in [0.25, 0.3) is 5.91 Å². The first-order chi connectivity index (χ1) is 8.36. The van der Waals surface area contributed by atoms with Crippen molar-refractivity contribution < 1.29 is 4.79 Å². The van der Waals surface area contributed by atoms with Gasteiger partial charge < -0.3 is 0 Å². The molecule has 0 bridgehead atoms. The van der Waals surface area contributed by atoms with Crippen molar-refractivity contribution in [2.45, 2.75) is 0 Å². The average Bonchev–Trinajstić information content (AvgIpc) is 2.83. The molecule has 1 aromatic carbocycles. The van der Waals surface area contributed by atoms with E-state index in [4.69, 9.17) is 0 Å². The quantitative estimate of drug-likeness (QED) is 0.634. The van der Waals surface area contributed by atoms with Crippen molar-refractivity contribution in [2.75, 3.05) is 0 Å². The van der Waals surface area contributed by atoms with E-state index in [1.165, 1.54) is 0 Å². The lowest BCUT2D eigenvalue weighted by Crippen LogP contribution is -2.10. The molecular weight excluding hydrogens is 212 g/mol. The van der Waals surface area contributed by atoms with Crippen LogP contribution in [0.15, 0.2) is 60.9 Å². The maximum atomic E-state index is 12.2. The van der Waals surface area contributed by atoms with E-state index in [1.807, 2.05) is 36.4 Å². The third kappa shape index (κ3) is 1.61. The number of carbonyl (C=O) groups excluding carboxylic acids is 1. The van der Waals surface area contributed by atoms with Crippen molar-refractivity contribution in [3.63, 3.8) is 0 Å². The zero-order chi connectivity index (χ0) is 11.7. The fraction of sp³-hybridized carbons (Fsp3) is 0. The number of nitrogens with zero attached hydrogens (tertiary/aromatic N) is 2. The van der Waals surface area contributed by atoms with E-state index in [9.17, 15) is 4.79 Å². The Balaban J connectivity index is 2.14. The lowest BCUT2D eigenvalue weighted by atomic mass is 10.2. The van der Waals surface area contributed by atoms with Crippen LogP contribution in [-0.4, -0.2) is 15.5 Å². The monoisotopic (exact) mass is 222 g/mol. The van der Waals surface area contributed by atoms with Gasteiger partial charge in [0.1, 0.15) is 5.65 Å². The van der Waals surface area contributed by atoms with Gasteiger partial charge in [0.2, 0.25) is 0 Å². The lowest BCUT2D eigenvalue weighted by molar-refractivity contribution is 0.0964. The molecule has 0 spiro atoms. The number of hydrogen-bond acceptors (Lipinski definition) is 2. The highest BCUT2D eigenvalue weighted by Gasteiger charge is 2.10. The Hall–Kier alpha value is -2.42. The van der Waals surface area contributed by atoms with Crippen molar-refractivity contribution in [2.24, 2.45) is 0 Å². The molecule has 0 radical (unpaired) electrons. The fourth-order valence-corrected chi connectivity index (χ4v) is 1.85. The predicted octanol–water partition coefficient (Wildman–Crippen LogP) is 2.72. The van der Waals surface area contributed by atoms with E-state index >= 15 is 0 Å². The number of rotatable bonds is 1. The van der Waals surface area contributed by atoms with Crippen LogP contribution in [0.1, 0.15) is 10.4 Å². The topological polar surface area (TPSA) is 34.9 Å². The molecule has 0 unspecified atom stereocenters. The molecule has 0 N–H and O–H groups in total. The summed E-state index contributed by atoms with van der Waals surface area (Å²) in [5.74, 6) is -0.0562. The smallest absolute Gasteiger partial charge is 0.263 e. The highest BCUT2D eigenvalue weighted by molar-refractivity contribution is 6.01. The molecule has 82 valence electrons. The Morgan fingerprint density at radius 2 is 1.82 bits per heavy atom. The minimum atomic E-state index is -0.0562.